The van der Waals surface area contributed by atoms with Crippen molar-refractivity contribution in [1.29, 1.82) is 0 Å². The number of carbonyl (C=O) groups is 1. The molecule has 6 heterocycles. The van der Waals surface area contributed by atoms with Gasteiger partial charge in [0, 0.05) is 40.4 Å². The van der Waals surface area contributed by atoms with Crippen molar-refractivity contribution in [3.05, 3.63) is 126 Å². The molecule has 0 radical (unpaired) electrons. The van der Waals surface area contributed by atoms with Crippen molar-refractivity contribution in [3.63, 3.8) is 0 Å². The summed E-state index contributed by atoms with van der Waals surface area (Å²) in [5, 5.41) is 8.73. The maximum atomic E-state index is 13.4. The smallest absolute Gasteiger partial charge is 0.255 e. The molecule has 6 unspecified atom stereocenters. The number of ether oxygens (including phenoxy) is 4. The predicted molar refractivity (Wildman–Crippen MR) is 207 cm³/mol. The van der Waals surface area contributed by atoms with E-state index < -0.39 is 12.6 Å². The molecular formula is C43H45N7O5. The zero-order valence-corrected chi connectivity index (χ0v) is 30.8. The summed E-state index contributed by atoms with van der Waals surface area (Å²) in [6.07, 6.45) is 2.99. The number of hydrogen-bond donors (Lipinski definition) is 2. The first kappa shape index (κ1) is 34.5. The maximum Gasteiger partial charge on any atom is 0.255 e. The molecule has 10 rings (SSSR count). The summed E-state index contributed by atoms with van der Waals surface area (Å²) in [5.41, 5.74) is 6.05. The van der Waals surface area contributed by atoms with Gasteiger partial charge in [-0.15, -0.1) is 0 Å². The zero-order valence-electron chi connectivity index (χ0n) is 30.8. The number of carbonyl (C=O) groups excluding carboxylic acids is 1. The molecule has 7 atom stereocenters. The number of nitrogens with one attached hydrogen (secondary N) is 2. The van der Waals surface area contributed by atoms with Gasteiger partial charge in [0.1, 0.15) is 18.0 Å². The fourth-order valence-electron chi connectivity index (χ4n) is 8.87. The quantitative estimate of drug-likeness (QED) is 0.173. The summed E-state index contributed by atoms with van der Waals surface area (Å²) in [4.78, 5) is 26.6. The molecule has 4 aliphatic rings. The normalized spacial score (nSPS) is 27.0. The molecule has 0 spiro atoms. The van der Waals surface area contributed by atoms with Gasteiger partial charge < -0.3 is 29.2 Å². The van der Waals surface area contributed by atoms with E-state index in [1.54, 1.807) is 0 Å². The van der Waals surface area contributed by atoms with Gasteiger partial charge >= 0.3 is 0 Å². The largest absolute Gasteiger partial charge is 0.347 e. The van der Waals surface area contributed by atoms with E-state index in [9.17, 15) is 4.79 Å². The Morgan fingerprint density at radius 3 is 2.24 bits per heavy atom. The van der Waals surface area contributed by atoms with Gasteiger partial charge in [0.15, 0.2) is 12.6 Å². The molecule has 4 aromatic carbocycles. The van der Waals surface area contributed by atoms with Crippen LogP contribution in [0.2, 0.25) is 0 Å². The lowest BCUT2D eigenvalue weighted by Crippen LogP contribution is -2.48. The van der Waals surface area contributed by atoms with Crippen molar-refractivity contribution < 1.29 is 23.7 Å². The number of likely N-dealkylation sites (tertiary alicyclic amines) is 2. The average molecular weight is 740 g/mol. The highest BCUT2D eigenvalue weighted by atomic mass is 16.7. The van der Waals surface area contributed by atoms with Crippen LogP contribution in [-0.2, 0) is 32.0 Å². The Labute approximate surface area is 319 Å². The third kappa shape index (κ3) is 6.73. The molecule has 1 amide bonds. The summed E-state index contributed by atoms with van der Waals surface area (Å²) < 4.78 is 28.1. The molecule has 0 aliphatic carbocycles. The van der Waals surface area contributed by atoms with Crippen molar-refractivity contribution in [2.75, 3.05) is 31.6 Å². The lowest BCUT2D eigenvalue weighted by molar-refractivity contribution is -0.278. The van der Waals surface area contributed by atoms with Crippen LogP contribution >= 0.6 is 0 Å². The van der Waals surface area contributed by atoms with E-state index in [2.05, 4.69) is 27.0 Å². The van der Waals surface area contributed by atoms with E-state index in [1.807, 2.05) is 108 Å². The Hall–Kier alpha value is -4.95. The van der Waals surface area contributed by atoms with Crippen molar-refractivity contribution in [2.45, 2.75) is 75.8 Å². The standard InChI is InChI=1S/C43H45N7O5/c1-27-9-8-18-48(27)24-38-46-33-16-15-32(22-34(33)47-38)45-41(51)30-14-17-35-31(21-30)23-44-50(35)20-19-49-36-25-52-42(28-10-4-2-5-11-28)54-39(36)40-37(49)26-53-43(55-40)29-12-6-3-7-13-29/h2-7,10-17,21-23,27,36-37,39-40,42-43H,8-9,18-20,24-26H2,1H3,(H,45,51)(H,46,47)/t27-,36?,37?,39?,40?,42?,43?/m0/s1. The highest BCUT2D eigenvalue weighted by Crippen LogP contribution is 2.42. The summed E-state index contributed by atoms with van der Waals surface area (Å²) >= 11 is 0. The molecule has 2 N–H and O–H groups in total. The molecule has 0 bridgehead atoms. The second-order valence-corrected chi connectivity index (χ2v) is 15.2. The second kappa shape index (κ2) is 14.6. The second-order valence-electron chi connectivity index (χ2n) is 15.2. The number of aromatic nitrogens is 4. The predicted octanol–water partition coefficient (Wildman–Crippen LogP) is 6.43. The van der Waals surface area contributed by atoms with Gasteiger partial charge in [-0.3, -0.25) is 19.3 Å². The fourth-order valence-corrected chi connectivity index (χ4v) is 8.87. The van der Waals surface area contributed by atoms with Crippen LogP contribution in [0.5, 0.6) is 0 Å². The lowest BCUT2D eigenvalue weighted by atomic mass is 10.0. The van der Waals surface area contributed by atoms with Crippen LogP contribution in [0.4, 0.5) is 5.69 Å². The van der Waals surface area contributed by atoms with E-state index in [0.29, 0.717) is 37.9 Å². The molecular weight excluding hydrogens is 695 g/mol. The molecule has 0 saturated carbocycles. The summed E-state index contributed by atoms with van der Waals surface area (Å²) in [7, 11) is 0. The van der Waals surface area contributed by atoms with Crippen molar-refractivity contribution in [2.24, 2.45) is 0 Å². The van der Waals surface area contributed by atoms with E-state index in [1.165, 1.54) is 12.8 Å². The number of imidazole rings is 1. The molecule has 12 nitrogen and oxygen atoms in total. The first-order valence-corrected chi connectivity index (χ1v) is 19.4. The number of hydrogen-bond acceptors (Lipinski definition) is 9. The molecule has 2 aromatic heterocycles. The molecule has 6 aromatic rings. The van der Waals surface area contributed by atoms with Gasteiger partial charge in [-0.25, -0.2) is 4.98 Å². The van der Waals surface area contributed by atoms with Gasteiger partial charge in [-0.05, 0) is 62.7 Å². The van der Waals surface area contributed by atoms with E-state index in [-0.39, 0.29) is 30.2 Å². The number of aromatic amines is 1. The van der Waals surface area contributed by atoms with Gasteiger partial charge in [-0.1, -0.05) is 60.7 Å². The number of rotatable bonds is 9. The number of benzene rings is 4. The number of H-pyrrole nitrogens is 1. The topological polar surface area (TPSA) is 119 Å². The fraction of sp³-hybridized carbons (Fsp3) is 0.372. The first-order valence-electron chi connectivity index (χ1n) is 19.4. The van der Waals surface area contributed by atoms with Crippen LogP contribution in [0.25, 0.3) is 21.9 Å². The number of nitrogens with zero attached hydrogens (tertiary/aromatic N) is 5. The molecule has 55 heavy (non-hydrogen) atoms. The SMILES string of the molecule is C[C@H]1CCCN1Cc1nc2ccc(NC(=O)c3ccc4c(cnn4CCN4C5COC(c6ccccc6)OC5C5OC(c6ccccc6)OCC54)c3)cc2[nH]1. The minimum Gasteiger partial charge on any atom is -0.347 e. The Morgan fingerprint density at radius 2 is 1.56 bits per heavy atom. The van der Waals surface area contributed by atoms with Crippen LogP contribution in [0.1, 0.15) is 59.7 Å². The van der Waals surface area contributed by atoms with E-state index >= 15 is 0 Å². The van der Waals surface area contributed by atoms with Crippen molar-refractivity contribution in [1.82, 2.24) is 29.5 Å². The molecule has 12 heteroatoms. The Morgan fingerprint density at radius 1 is 0.855 bits per heavy atom. The van der Waals surface area contributed by atoms with E-state index in [4.69, 9.17) is 29.0 Å². The highest BCUT2D eigenvalue weighted by molar-refractivity contribution is 6.06. The average Bonchev–Trinajstić information content (AvgIpc) is 4.01. The van der Waals surface area contributed by atoms with Crippen molar-refractivity contribution in [3.8, 4) is 0 Å². The van der Waals surface area contributed by atoms with Crippen LogP contribution in [-0.4, -0.2) is 92.1 Å². The third-order valence-corrected chi connectivity index (χ3v) is 11.8. The van der Waals surface area contributed by atoms with Crippen molar-refractivity contribution >= 4 is 33.5 Å². The molecule has 4 saturated heterocycles. The minimum atomic E-state index is -0.457. The third-order valence-electron chi connectivity index (χ3n) is 11.8. The molecule has 4 fully saturated rings. The van der Waals surface area contributed by atoms with Gasteiger partial charge in [-0.2, -0.15) is 5.10 Å². The Balaban J connectivity index is 0.825. The first-order chi connectivity index (χ1) is 27.0. The van der Waals surface area contributed by atoms with Gasteiger partial charge in [0.25, 0.3) is 5.91 Å². The number of anilines is 1. The number of amides is 1. The van der Waals surface area contributed by atoms with Crippen LogP contribution in [0, 0.1) is 0 Å². The van der Waals surface area contributed by atoms with Gasteiger partial charge in [0.2, 0.25) is 0 Å². The summed E-state index contributed by atoms with van der Waals surface area (Å²) in [6, 6.07) is 32.3. The highest BCUT2D eigenvalue weighted by Gasteiger charge is 2.56. The monoisotopic (exact) mass is 739 g/mol. The summed E-state index contributed by atoms with van der Waals surface area (Å²) in [5.74, 6) is 0.777. The maximum absolute atomic E-state index is 13.4. The lowest BCUT2D eigenvalue weighted by Gasteiger charge is -2.37. The molecule has 4 aliphatic heterocycles. The summed E-state index contributed by atoms with van der Waals surface area (Å²) in [6.45, 7) is 6.54. The molecule has 282 valence electrons. The Bertz CT molecular complexity index is 2230. The minimum absolute atomic E-state index is 0.00782. The van der Waals surface area contributed by atoms with Crippen LogP contribution in [0.15, 0.2) is 103 Å². The van der Waals surface area contributed by atoms with E-state index in [0.717, 1.165) is 57.7 Å². The van der Waals surface area contributed by atoms with Gasteiger partial charge in [0.05, 0.1) is 61.1 Å². The Kier molecular flexibility index (Phi) is 9.17. The zero-order chi connectivity index (χ0) is 36.9. The number of fused-ring (bicyclic) bond motifs is 5. The van der Waals surface area contributed by atoms with Crippen LogP contribution < -0.4 is 5.32 Å². The van der Waals surface area contributed by atoms with Crippen LogP contribution in [0.3, 0.4) is 0 Å².